The highest BCUT2D eigenvalue weighted by molar-refractivity contribution is 4.83. The third-order valence-electron chi connectivity index (χ3n) is 2.43. The van der Waals surface area contributed by atoms with Crippen LogP contribution in [0.15, 0.2) is 0 Å². The summed E-state index contributed by atoms with van der Waals surface area (Å²) in [6, 6.07) is 0. The molecule has 1 atom stereocenters. The van der Waals surface area contributed by atoms with Gasteiger partial charge < -0.3 is 15.6 Å². The van der Waals surface area contributed by atoms with Gasteiger partial charge in [-0.3, -0.25) is 4.90 Å². The van der Waals surface area contributed by atoms with Gasteiger partial charge in [-0.1, -0.05) is 0 Å². The number of rotatable bonds is 4. The summed E-state index contributed by atoms with van der Waals surface area (Å²) < 4.78 is 5.71. The smallest absolute Gasteiger partial charge is 0.0940 e. The van der Waals surface area contributed by atoms with Gasteiger partial charge in [0.2, 0.25) is 0 Å². The molecule has 1 heterocycles. The second kappa shape index (κ2) is 5.07. The average molecular weight is 202 g/mol. The van der Waals surface area contributed by atoms with Crippen molar-refractivity contribution < 1.29 is 9.84 Å². The molecule has 3 N–H and O–H groups in total. The number of aliphatic hydroxyl groups is 1. The van der Waals surface area contributed by atoms with Crippen molar-refractivity contribution in [3.63, 3.8) is 0 Å². The normalized spacial score (nSPS) is 27.9. The molecule has 1 unspecified atom stereocenters. The van der Waals surface area contributed by atoms with Gasteiger partial charge in [-0.15, -0.1) is 0 Å². The van der Waals surface area contributed by atoms with E-state index in [-0.39, 0.29) is 18.3 Å². The number of aliphatic hydroxyl groups excluding tert-OH is 1. The van der Waals surface area contributed by atoms with Crippen LogP contribution in [0.3, 0.4) is 0 Å². The molecule has 0 bridgehead atoms. The van der Waals surface area contributed by atoms with Gasteiger partial charge in [-0.05, 0) is 33.4 Å². The van der Waals surface area contributed by atoms with Crippen LogP contribution in [0.4, 0.5) is 0 Å². The minimum atomic E-state index is -0.153. The van der Waals surface area contributed by atoms with E-state index in [4.69, 9.17) is 15.6 Å². The van der Waals surface area contributed by atoms with E-state index in [1.165, 1.54) is 0 Å². The predicted octanol–water partition coefficient (Wildman–Crippen LogP) is -0.193. The molecule has 1 rings (SSSR count). The molecule has 4 nitrogen and oxygen atoms in total. The third kappa shape index (κ3) is 3.53. The Morgan fingerprint density at radius 1 is 1.57 bits per heavy atom. The topological polar surface area (TPSA) is 58.7 Å². The monoisotopic (exact) mass is 202 g/mol. The molecule has 0 aromatic carbocycles. The molecular weight excluding hydrogens is 180 g/mol. The van der Waals surface area contributed by atoms with Crippen LogP contribution in [-0.4, -0.2) is 54.5 Å². The first-order valence-corrected chi connectivity index (χ1v) is 5.28. The quantitative estimate of drug-likeness (QED) is 0.663. The van der Waals surface area contributed by atoms with Gasteiger partial charge in [0.25, 0.3) is 0 Å². The fraction of sp³-hybridized carbons (Fsp3) is 1.00. The van der Waals surface area contributed by atoms with Gasteiger partial charge in [0.05, 0.1) is 18.3 Å². The van der Waals surface area contributed by atoms with E-state index >= 15 is 0 Å². The zero-order chi connectivity index (χ0) is 10.6. The second-order valence-electron chi connectivity index (χ2n) is 4.56. The lowest BCUT2D eigenvalue weighted by Gasteiger charge is -2.42. The third-order valence-corrected chi connectivity index (χ3v) is 2.43. The molecule has 1 fully saturated rings. The maximum atomic E-state index is 9.09. The minimum Gasteiger partial charge on any atom is -0.394 e. The van der Waals surface area contributed by atoms with Crippen LogP contribution in [0.25, 0.3) is 0 Å². The number of hydrogen-bond acceptors (Lipinski definition) is 4. The van der Waals surface area contributed by atoms with E-state index in [0.717, 1.165) is 32.6 Å². The molecule has 0 aliphatic carbocycles. The Morgan fingerprint density at radius 3 is 2.86 bits per heavy atom. The maximum Gasteiger partial charge on any atom is 0.0940 e. The van der Waals surface area contributed by atoms with Crippen LogP contribution in [0.1, 0.15) is 20.3 Å². The van der Waals surface area contributed by atoms with Crippen LogP contribution in [0, 0.1) is 0 Å². The fourth-order valence-corrected chi connectivity index (χ4v) is 2.00. The highest BCUT2D eigenvalue weighted by Gasteiger charge is 2.32. The largest absolute Gasteiger partial charge is 0.394 e. The zero-order valence-electron chi connectivity index (χ0n) is 9.20. The predicted molar refractivity (Wildman–Crippen MR) is 56.1 cm³/mol. The average Bonchev–Trinajstić information content (AvgIpc) is 2.12. The molecule has 1 aliphatic heterocycles. The molecule has 0 saturated carbocycles. The number of hydrogen-bond donors (Lipinski definition) is 2. The Balaban J connectivity index is 2.43. The van der Waals surface area contributed by atoms with Crippen LogP contribution < -0.4 is 5.73 Å². The van der Waals surface area contributed by atoms with E-state index in [0.29, 0.717) is 0 Å². The number of nitrogens with two attached hydrogens (primary N) is 1. The zero-order valence-corrected chi connectivity index (χ0v) is 9.20. The maximum absolute atomic E-state index is 9.09. The Morgan fingerprint density at radius 2 is 2.29 bits per heavy atom. The van der Waals surface area contributed by atoms with E-state index in [1.54, 1.807) is 0 Å². The van der Waals surface area contributed by atoms with Crippen molar-refractivity contribution in [1.82, 2.24) is 4.90 Å². The van der Waals surface area contributed by atoms with Crippen molar-refractivity contribution in [1.29, 1.82) is 0 Å². The van der Waals surface area contributed by atoms with Gasteiger partial charge in [0.15, 0.2) is 0 Å². The Kier molecular flexibility index (Phi) is 4.31. The second-order valence-corrected chi connectivity index (χ2v) is 4.56. The summed E-state index contributed by atoms with van der Waals surface area (Å²) in [5.74, 6) is 0. The van der Waals surface area contributed by atoms with E-state index in [2.05, 4.69) is 18.7 Å². The van der Waals surface area contributed by atoms with Crippen LogP contribution >= 0.6 is 0 Å². The number of nitrogens with zero attached hydrogens (tertiary/aromatic N) is 1. The molecule has 0 spiro atoms. The molecule has 0 aromatic heterocycles. The van der Waals surface area contributed by atoms with Crippen molar-refractivity contribution in [3.05, 3.63) is 0 Å². The molecule has 0 amide bonds. The lowest BCUT2D eigenvalue weighted by Crippen LogP contribution is -2.54. The van der Waals surface area contributed by atoms with Gasteiger partial charge in [-0.25, -0.2) is 0 Å². The molecule has 4 heteroatoms. The first-order chi connectivity index (χ1) is 6.57. The highest BCUT2D eigenvalue weighted by Crippen LogP contribution is 2.20. The molecule has 84 valence electrons. The van der Waals surface area contributed by atoms with Crippen molar-refractivity contribution in [2.24, 2.45) is 5.73 Å². The minimum absolute atomic E-state index is 0.0449. The van der Waals surface area contributed by atoms with E-state index in [1.807, 2.05) is 0 Å². The van der Waals surface area contributed by atoms with Gasteiger partial charge in [0, 0.05) is 13.1 Å². The SMILES string of the molecule is CC1(C)CN(CCCN)CC(CO)O1. The van der Waals surface area contributed by atoms with Crippen molar-refractivity contribution in [3.8, 4) is 0 Å². The highest BCUT2D eigenvalue weighted by atomic mass is 16.5. The van der Waals surface area contributed by atoms with Gasteiger partial charge in [0.1, 0.15) is 0 Å². The first-order valence-electron chi connectivity index (χ1n) is 5.28. The lowest BCUT2D eigenvalue weighted by atomic mass is 10.1. The molecule has 1 aliphatic rings. The summed E-state index contributed by atoms with van der Waals surface area (Å²) in [6.07, 6.45) is 0.963. The van der Waals surface area contributed by atoms with Crippen molar-refractivity contribution in [2.45, 2.75) is 32.0 Å². The summed E-state index contributed by atoms with van der Waals surface area (Å²) in [6.45, 7) is 7.68. The first kappa shape index (κ1) is 11.9. The molecular formula is C10H22N2O2. The van der Waals surface area contributed by atoms with Crippen LogP contribution in [0.5, 0.6) is 0 Å². The van der Waals surface area contributed by atoms with Gasteiger partial charge in [-0.2, -0.15) is 0 Å². The van der Waals surface area contributed by atoms with Crippen molar-refractivity contribution in [2.75, 3.05) is 32.8 Å². The Bertz CT molecular complexity index is 174. The van der Waals surface area contributed by atoms with E-state index in [9.17, 15) is 0 Å². The number of morpholine rings is 1. The lowest BCUT2D eigenvalue weighted by molar-refractivity contribution is -0.148. The Labute approximate surface area is 86.0 Å². The summed E-state index contributed by atoms with van der Waals surface area (Å²) in [5.41, 5.74) is 5.32. The summed E-state index contributed by atoms with van der Waals surface area (Å²) >= 11 is 0. The van der Waals surface area contributed by atoms with Crippen LogP contribution in [-0.2, 0) is 4.74 Å². The molecule has 0 aromatic rings. The van der Waals surface area contributed by atoms with E-state index < -0.39 is 0 Å². The fourth-order valence-electron chi connectivity index (χ4n) is 2.00. The standard InChI is InChI=1S/C10H22N2O2/c1-10(2)8-12(5-3-4-11)6-9(7-13)14-10/h9,13H,3-8,11H2,1-2H3. The summed E-state index contributed by atoms with van der Waals surface area (Å²) in [7, 11) is 0. The summed E-state index contributed by atoms with van der Waals surface area (Å²) in [5, 5.41) is 9.09. The Hall–Kier alpha value is -0.160. The molecule has 0 radical (unpaired) electrons. The van der Waals surface area contributed by atoms with Gasteiger partial charge >= 0.3 is 0 Å². The summed E-state index contributed by atoms with van der Waals surface area (Å²) in [4.78, 5) is 2.32. The number of ether oxygens (including phenoxy) is 1. The van der Waals surface area contributed by atoms with Crippen molar-refractivity contribution >= 4 is 0 Å². The molecule has 14 heavy (non-hydrogen) atoms. The van der Waals surface area contributed by atoms with Crippen LogP contribution in [0.2, 0.25) is 0 Å². The molecule has 1 saturated heterocycles.